The van der Waals surface area contributed by atoms with Crippen molar-refractivity contribution >= 4 is 33.2 Å². The molecule has 166 valence electrons. The number of nitrogens with zero attached hydrogens (tertiary/aromatic N) is 3. The highest BCUT2D eigenvalue weighted by atomic mass is 79.9. The van der Waals surface area contributed by atoms with Crippen LogP contribution in [-0.2, 0) is 11.2 Å². The minimum absolute atomic E-state index is 0.121. The lowest BCUT2D eigenvalue weighted by Crippen LogP contribution is -2.56. The number of amides is 1. The van der Waals surface area contributed by atoms with Crippen LogP contribution in [0.3, 0.4) is 0 Å². The first kappa shape index (κ1) is 21.7. The van der Waals surface area contributed by atoms with Crippen molar-refractivity contribution in [2.75, 3.05) is 19.6 Å². The average Bonchev–Trinajstić information content (AvgIpc) is 3.31. The lowest BCUT2D eigenvalue weighted by Gasteiger charge is -2.49. The Morgan fingerprint density at radius 1 is 1.25 bits per heavy atom. The summed E-state index contributed by atoms with van der Waals surface area (Å²) in [5, 5.41) is 5.19. The molecule has 1 aromatic carbocycles. The number of carbonyl (C=O) groups excluding carboxylic acids is 1. The standard InChI is InChI=1S/C25H27BrN4OS/c1-16-28-23(20-6-2-3-7-22(20)26)13-24(29-16)21-15-30-9-8-17(21)11-18(30)14-27-25(31)12-19-5-4-10-32-19/h2-7,10,13,17-18,21H,8-9,11-12,14-15H2,1H3,(H,27,31)/t17-,18+,21+/m0/s1. The molecule has 3 aromatic rings. The van der Waals surface area contributed by atoms with Crippen LogP contribution >= 0.6 is 27.3 Å². The summed E-state index contributed by atoms with van der Waals surface area (Å²) >= 11 is 5.30. The Kier molecular flexibility index (Phi) is 6.40. The lowest BCUT2D eigenvalue weighted by atomic mass is 9.74. The molecule has 4 atom stereocenters. The van der Waals surface area contributed by atoms with Gasteiger partial charge in [0.1, 0.15) is 5.82 Å². The molecule has 0 saturated carbocycles. The zero-order valence-corrected chi connectivity index (χ0v) is 20.5. The maximum absolute atomic E-state index is 12.3. The van der Waals surface area contributed by atoms with Gasteiger partial charge in [-0.15, -0.1) is 11.3 Å². The molecule has 3 fully saturated rings. The minimum atomic E-state index is 0.121. The Hall–Kier alpha value is -2.09. The first-order chi connectivity index (χ1) is 15.6. The molecule has 6 rings (SSSR count). The van der Waals surface area contributed by atoms with Crippen LogP contribution in [0.4, 0.5) is 0 Å². The number of carbonyl (C=O) groups is 1. The maximum atomic E-state index is 12.3. The molecule has 1 unspecified atom stereocenters. The van der Waals surface area contributed by atoms with Crippen molar-refractivity contribution in [2.45, 2.75) is 38.1 Å². The number of halogens is 1. The molecule has 1 N–H and O–H groups in total. The summed E-state index contributed by atoms with van der Waals surface area (Å²) in [5.41, 5.74) is 3.24. The fourth-order valence-corrected chi connectivity index (χ4v) is 6.33. The van der Waals surface area contributed by atoms with Gasteiger partial charge in [-0.1, -0.05) is 40.2 Å². The van der Waals surface area contributed by atoms with Crippen molar-refractivity contribution in [3.05, 3.63) is 68.7 Å². The van der Waals surface area contributed by atoms with Crippen LogP contribution in [0.5, 0.6) is 0 Å². The SMILES string of the molecule is Cc1nc(-c2ccccc2Br)cc([C@@H]2CN3CC[C@H]2C[C@@H]3CNC(=O)Cc2cccs2)n1. The number of fused-ring (bicyclic) bond motifs is 3. The molecular weight excluding hydrogens is 484 g/mol. The normalized spacial score (nSPS) is 24.4. The van der Waals surface area contributed by atoms with Crippen LogP contribution < -0.4 is 5.32 Å². The molecule has 32 heavy (non-hydrogen) atoms. The van der Waals surface area contributed by atoms with Crippen molar-refractivity contribution < 1.29 is 4.79 Å². The van der Waals surface area contributed by atoms with Gasteiger partial charge in [-0.2, -0.15) is 0 Å². The van der Waals surface area contributed by atoms with E-state index in [1.807, 2.05) is 36.6 Å². The van der Waals surface area contributed by atoms with Crippen LogP contribution in [-0.4, -0.2) is 46.5 Å². The van der Waals surface area contributed by atoms with E-state index in [0.29, 0.717) is 24.3 Å². The minimum Gasteiger partial charge on any atom is -0.354 e. The van der Waals surface area contributed by atoms with Crippen LogP contribution in [0, 0.1) is 12.8 Å². The number of aromatic nitrogens is 2. The zero-order valence-electron chi connectivity index (χ0n) is 18.1. The molecule has 5 nitrogen and oxygen atoms in total. The second kappa shape index (κ2) is 9.41. The van der Waals surface area contributed by atoms with E-state index in [2.05, 4.69) is 44.3 Å². The van der Waals surface area contributed by atoms with Gasteiger partial charge in [-0.3, -0.25) is 9.69 Å². The second-order valence-corrected chi connectivity index (χ2v) is 10.7. The predicted octanol–water partition coefficient (Wildman–Crippen LogP) is 4.81. The van der Waals surface area contributed by atoms with Crippen molar-refractivity contribution in [3.63, 3.8) is 0 Å². The summed E-state index contributed by atoms with van der Waals surface area (Å²) in [6, 6.07) is 14.8. The van der Waals surface area contributed by atoms with E-state index in [-0.39, 0.29) is 5.91 Å². The van der Waals surface area contributed by atoms with Crippen LogP contribution in [0.2, 0.25) is 0 Å². The molecule has 0 aliphatic carbocycles. The summed E-state index contributed by atoms with van der Waals surface area (Å²) in [6.07, 6.45) is 2.78. The first-order valence-electron chi connectivity index (χ1n) is 11.2. The highest BCUT2D eigenvalue weighted by molar-refractivity contribution is 9.10. The molecule has 3 aliphatic rings. The molecule has 2 aromatic heterocycles. The average molecular weight is 511 g/mol. The Balaban J connectivity index is 1.27. The summed E-state index contributed by atoms with van der Waals surface area (Å²) in [6.45, 7) is 4.82. The largest absolute Gasteiger partial charge is 0.354 e. The zero-order chi connectivity index (χ0) is 22.1. The number of aryl methyl sites for hydroxylation is 1. The monoisotopic (exact) mass is 510 g/mol. The van der Waals surface area contributed by atoms with E-state index in [0.717, 1.165) is 58.2 Å². The smallest absolute Gasteiger partial charge is 0.225 e. The third-order valence-electron chi connectivity index (χ3n) is 6.72. The molecule has 0 spiro atoms. The summed E-state index contributed by atoms with van der Waals surface area (Å²) in [7, 11) is 0. The fraction of sp³-hybridized carbons (Fsp3) is 0.400. The van der Waals surface area contributed by atoms with Crippen LogP contribution in [0.15, 0.2) is 52.3 Å². The Morgan fingerprint density at radius 2 is 2.12 bits per heavy atom. The third kappa shape index (κ3) is 4.65. The Morgan fingerprint density at radius 3 is 2.88 bits per heavy atom. The summed E-state index contributed by atoms with van der Waals surface area (Å²) in [4.78, 5) is 25.6. The molecule has 7 heteroatoms. The maximum Gasteiger partial charge on any atom is 0.225 e. The highest BCUT2D eigenvalue weighted by Crippen LogP contribution is 2.42. The van der Waals surface area contributed by atoms with Gasteiger partial charge in [0, 0.05) is 45.7 Å². The van der Waals surface area contributed by atoms with Crippen molar-refractivity contribution in [3.8, 4) is 11.3 Å². The quantitative estimate of drug-likeness (QED) is 0.516. The number of thiophene rings is 1. The first-order valence-corrected chi connectivity index (χ1v) is 12.9. The number of nitrogens with one attached hydrogen (secondary N) is 1. The van der Waals surface area contributed by atoms with E-state index in [1.54, 1.807) is 11.3 Å². The number of hydrogen-bond acceptors (Lipinski definition) is 5. The van der Waals surface area contributed by atoms with E-state index in [1.165, 1.54) is 6.42 Å². The van der Waals surface area contributed by atoms with Gasteiger partial charge in [0.25, 0.3) is 0 Å². The van der Waals surface area contributed by atoms with Gasteiger partial charge in [0.15, 0.2) is 0 Å². The van der Waals surface area contributed by atoms with Crippen LogP contribution in [0.25, 0.3) is 11.3 Å². The topological polar surface area (TPSA) is 58.1 Å². The van der Waals surface area contributed by atoms with Gasteiger partial charge >= 0.3 is 0 Å². The molecule has 0 radical (unpaired) electrons. The van der Waals surface area contributed by atoms with Gasteiger partial charge in [0.05, 0.1) is 12.1 Å². The molecule has 3 saturated heterocycles. The van der Waals surface area contributed by atoms with Gasteiger partial charge in [0.2, 0.25) is 5.91 Å². The summed E-state index contributed by atoms with van der Waals surface area (Å²) in [5.74, 6) is 1.96. The summed E-state index contributed by atoms with van der Waals surface area (Å²) < 4.78 is 1.05. The lowest BCUT2D eigenvalue weighted by molar-refractivity contribution is -0.120. The number of rotatable bonds is 6. The fourth-order valence-electron chi connectivity index (χ4n) is 5.14. The second-order valence-electron chi connectivity index (χ2n) is 8.81. The Labute approximate surface area is 201 Å². The van der Waals surface area contributed by atoms with E-state index in [4.69, 9.17) is 9.97 Å². The van der Waals surface area contributed by atoms with Gasteiger partial charge in [-0.05, 0) is 55.8 Å². The van der Waals surface area contributed by atoms with Crippen molar-refractivity contribution in [1.29, 1.82) is 0 Å². The molecule has 5 heterocycles. The highest BCUT2D eigenvalue weighted by Gasteiger charge is 2.41. The van der Waals surface area contributed by atoms with Gasteiger partial charge in [-0.25, -0.2) is 9.97 Å². The van der Waals surface area contributed by atoms with E-state index >= 15 is 0 Å². The van der Waals surface area contributed by atoms with E-state index in [9.17, 15) is 4.79 Å². The molecule has 2 bridgehead atoms. The van der Waals surface area contributed by atoms with Crippen LogP contribution in [0.1, 0.15) is 35.2 Å². The molecule has 3 aliphatic heterocycles. The number of hydrogen-bond donors (Lipinski definition) is 1. The van der Waals surface area contributed by atoms with Crippen molar-refractivity contribution in [1.82, 2.24) is 20.2 Å². The molecule has 1 amide bonds. The number of benzene rings is 1. The van der Waals surface area contributed by atoms with E-state index < -0.39 is 0 Å². The van der Waals surface area contributed by atoms with Gasteiger partial charge < -0.3 is 5.32 Å². The predicted molar refractivity (Wildman–Crippen MR) is 132 cm³/mol. The third-order valence-corrected chi connectivity index (χ3v) is 8.28. The number of piperidine rings is 3. The molecular formula is C25H27BrN4OS. The van der Waals surface area contributed by atoms with Crippen molar-refractivity contribution in [2.24, 2.45) is 5.92 Å². The Bertz CT molecular complexity index is 1100.